The van der Waals surface area contributed by atoms with Crippen LogP contribution < -0.4 is 0 Å². The van der Waals surface area contributed by atoms with Crippen molar-refractivity contribution in [2.75, 3.05) is 0 Å². The van der Waals surface area contributed by atoms with E-state index in [4.69, 9.17) is 0 Å². The third-order valence-electron chi connectivity index (χ3n) is 4.20. The van der Waals surface area contributed by atoms with Crippen molar-refractivity contribution in [2.45, 2.75) is 49.7 Å². The van der Waals surface area contributed by atoms with Gasteiger partial charge in [0.25, 0.3) is 0 Å². The van der Waals surface area contributed by atoms with Crippen LogP contribution in [0.3, 0.4) is 0 Å². The van der Waals surface area contributed by atoms with Crippen LogP contribution in [-0.2, 0) is 12.3 Å². The van der Waals surface area contributed by atoms with E-state index in [2.05, 4.69) is 19.7 Å². The van der Waals surface area contributed by atoms with E-state index < -0.39 is 6.55 Å². The summed E-state index contributed by atoms with van der Waals surface area (Å²) in [6, 6.07) is 6.97. The molecule has 0 bridgehead atoms. The zero-order chi connectivity index (χ0) is 16.7. The molecule has 0 spiro atoms. The van der Waals surface area contributed by atoms with Crippen molar-refractivity contribution < 1.29 is 8.78 Å². The summed E-state index contributed by atoms with van der Waals surface area (Å²) in [4.78, 5) is 4.36. The second-order valence-electron chi connectivity index (χ2n) is 5.81. The van der Waals surface area contributed by atoms with Crippen LogP contribution in [0, 0.1) is 0 Å². The van der Waals surface area contributed by atoms with Gasteiger partial charge in [0.1, 0.15) is 11.6 Å². The summed E-state index contributed by atoms with van der Waals surface area (Å²) in [7, 11) is 0. The number of aromatic nitrogens is 5. The fourth-order valence-electron chi connectivity index (χ4n) is 2.89. The lowest BCUT2D eigenvalue weighted by Gasteiger charge is -2.08. The first-order valence-electron chi connectivity index (χ1n) is 7.99. The molecule has 1 saturated carbocycles. The molecule has 1 fully saturated rings. The molecule has 24 heavy (non-hydrogen) atoms. The highest BCUT2D eigenvalue weighted by Crippen LogP contribution is 2.40. The Bertz CT molecular complexity index is 869. The van der Waals surface area contributed by atoms with E-state index in [1.807, 2.05) is 6.92 Å². The molecule has 1 aliphatic rings. The number of hydrogen-bond donors (Lipinski definition) is 0. The number of benzene rings is 1. The van der Waals surface area contributed by atoms with E-state index in [1.165, 1.54) is 11.8 Å². The summed E-state index contributed by atoms with van der Waals surface area (Å²) in [6.07, 6.45) is 2.31. The summed E-state index contributed by atoms with van der Waals surface area (Å²) in [5, 5.41) is 9.29. The SMILES string of the molecule is CCn1c(SCc2nc3ccccc3n2C(F)F)nnc1C1CC1. The quantitative estimate of drug-likeness (QED) is 0.626. The van der Waals surface area contributed by atoms with Gasteiger partial charge < -0.3 is 4.57 Å². The van der Waals surface area contributed by atoms with Crippen LogP contribution in [0.15, 0.2) is 29.4 Å². The van der Waals surface area contributed by atoms with Crippen molar-refractivity contribution in [3.05, 3.63) is 35.9 Å². The molecular weight excluding hydrogens is 332 g/mol. The highest BCUT2D eigenvalue weighted by atomic mass is 32.2. The van der Waals surface area contributed by atoms with Gasteiger partial charge in [0.2, 0.25) is 0 Å². The Morgan fingerprint density at radius 2 is 2.04 bits per heavy atom. The Kier molecular flexibility index (Phi) is 3.99. The molecule has 0 atom stereocenters. The van der Waals surface area contributed by atoms with E-state index in [0.29, 0.717) is 28.5 Å². The fraction of sp³-hybridized carbons (Fsp3) is 0.438. The first-order chi connectivity index (χ1) is 11.7. The number of fused-ring (bicyclic) bond motifs is 1. The Morgan fingerprint density at radius 1 is 1.25 bits per heavy atom. The number of nitrogens with zero attached hydrogens (tertiary/aromatic N) is 5. The zero-order valence-corrected chi connectivity index (χ0v) is 14.0. The Labute approximate surface area is 142 Å². The monoisotopic (exact) mass is 349 g/mol. The second-order valence-corrected chi connectivity index (χ2v) is 6.75. The number of alkyl halides is 2. The molecule has 0 radical (unpaired) electrons. The molecule has 2 aromatic heterocycles. The highest BCUT2D eigenvalue weighted by Gasteiger charge is 2.30. The first-order valence-corrected chi connectivity index (χ1v) is 8.97. The fourth-order valence-corrected chi connectivity index (χ4v) is 3.83. The van der Waals surface area contributed by atoms with E-state index >= 15 is 0 Å². The molecule has 0 amide bonds. The van der Waals surface area contributed by atoms with Gasteiger partial charge in [0, 0.05) is 12.5 Å². The smallest absolute Gasteiger partial charge is 0.306 e. The predicted molar refractivity (Wildman–Crippen MR) is 88.2 cm³/mol. The normalized spacial score (nSPS) is 14.8. The van der Waals surface area contributed by atoms with Crippen molar-refractivity contribution in [1.82, 2.24) is 24.3 Å². The van der Waals surface area contributed by atoms with Gasteiger partial charge in [-0.3, -0.25) is 4.57 Å². The van der Waals surface area contributed by atoms with Gasteiger partial charge in [0.05, 0.1) is 16.8 Å². The average Bonchev–Trinajstić information content (AvgIpc) is 3.22. The van der Waals surface area contributed by atoms with Gasteiger partial charge in [-0.05, 0) is 31.9 Å². The van der Waals surface area contributed by atoms with Crippen LogP contribution in [0.5, 0.6) is 0 Å². The van der Waals surface area contributed by atoms with Gasteiger partial charge in [-0.1, -0.05) is 23.9 Å². The number of para-hydroxylation sites is 2. The summed E-state index contributed by atoms with van der Waals surface area (Å²) < 4.78 is 30.0. The van der Waals surface area contributed by atoms with Crippen molar-refractivity contribution >= 4 is 22.8 Å². The Morgan fingerprint density at radius 3 is 2.75 bits per heavy atom. The number of hydrogen-bond acceptors (Lipinski definition) is 4. The lowest BCUT2D eigenvalue weighted by molar-refractivity contribution is 0.0722. The number of thioether (sulfide) groups is 1. The standard InChI is InChI=1S/C16H17F2N5S/c1-2-22-14(10-7-8-10)20-21-16(22)24-9-13-19-11-5-3-4-6-12(11)23(13)15(17)18/h3-6,10,15H,2,7-9H2,1H3. The molecule has 3 aromatic rings. The molecule has 0 unspecified atom stereocenters. The molecule has 1 aromatic carbocycles. The molecular formula is C16H17F2N5S. The Balaban J connectivity index is 1.62. The zero-order valence-electron chi connectivity index (χ0n) is 13.2. The van der Waals surface area contributed by atoms with E-state index in [1.54, 1.807) is 24.3 Å². The molecule has 0 saturated heterocycles. The van der Waals surface area contributed by atoms with E-state index in [-0.39, 0.29) is 0 Å². The van der Waals surface area contributed by atoms with Crippen LogP contribution in [-0.4, -0.2) is 24.3 Å². The maximum absolute atomic E-state index is 13.5. The van der Waals surface area contributed by atoms with Crippen LogP contribution in [0.2, 0.25) is 0 Å². The summed E-state index contributed by atoms with van der Waals surface area (Å²) in [5.74, 6) is 2.22. The highest BCUT2D eigenvalue weighted by molar-refractivity contribution is 7.98. The van der Waals surface area contributed by atoms with Gasteiger partial charge in [-0.15, -0.1) is 10.2 Å². The molecule has 1 aliphatic carbocycles. The summed E-state index contributed by atoms with van der Waals surface area (Å²) in [6.45, 7) is 0.221. The number of imidazole rings is 1. The first kappa shape index (κ1) is 15.6. The Hall–Kier alpha value is -1.96. The molecule has 4 rings (SSSR count). The molecule has 8 heteroatoms. The summed E-state index contributed by atoms with van der Waals surface area (Å²) in [5.41, 5.74) is 1.04. The minimum Gasteiger partial charge on any atom is -0.306 e. The second kappa shape index (κ2) is 6.16. The van der Waals surface area contributed by atoms with Crippen molar-refractivity contribution in [2.24, 2.45) is 0 Å². The molecule has 126 valence electrons. The molecule has 0 N–H and O–H groups in total. The third-order valence-corrected chi connectivity index (χ3v) is 5.16. The van der Waals surface area contributed by atoms with E-state index in [9.17, 15) is 8.78 Å². The lowest BCUT2D eigenvalue weighted by atomic mass is 10.3. The number of rotatable bonds is 6. The van der Waals surface area contributed by atoms with Crippen molar-refractivity contribution in [3.8, 4) is 0 Å². The third kappa shape index (κ3) is 2.68. The van der Waals surface area contributed by atoms with Crippen molar-refractivity contribution in [3.63, 3.8) is 0 Å². The maximum Gasteiger partial charge on any atom is 0.320 e. The minimum absolute atomic E-state index is 0.335. The topological polar surface area (TPSA) is 48.5 Å². The molecule has 5 nitrogen and oxygen atoms in total. The van der Waals surface area contributed by atoms with Gasteiger partial charge in [-0.2, -0.15) is 8.78 Å². The minimum atomic E-state index is -2.61. The van der Waals surface area contributed by atoms with E-state index in [0.717, 1.165) is 34.9 Å². The van der Waals surface area contributed by atoms with Crippen LogP contribution in [0.4, 0.5) is 8.78 Å². The van der Waals surface area contributed by atoms with Crippen LogP contribution >= 0.6 is 11.8 Å². The van der Waals surface area contributed by atoms with Gasteiger partial charge in [-0.25, -0.2) is 4.98 Å². The van der Waals surface area contributed by atoms with Crippen LogP contribution in [0.1, 0.15) is 43.9 Å². The summed E-state index contributed by atoms with van der Waals surface area (Å²) >= 11 is 1.41. The number of halogens is 2. The van der Waals surface area contributed by atoms with Gasteiger partial charge >= 0.3 is 6.55 Å². The predicted octanol–water partition coefficient (Wildman–Crippen LogP) is 4.21. The van der Waals surface area contributed by atoms with Crippen molar-refractivity contribution in [1.29, 1.82) is 0 Å². The molecule has 0 aliphatic heterocycles. The van der Waals surface area contributed by atoms with Crippen LogP contribution in [0.25, 0.3) is 11.0 Å². The van der Waals surface area contributed by atoms with Gasteiger partial charge in [0.15, 0.2) is 5.16 Å². The average molecular weight is 349 g/mol. The lowest BCUT2D eigenvalue weighted by Crippen LogP contribution is -2.05. The maximum atomic E-state index is 13.5. The molecule has 2 heterocycles. The largest absolute Gasteiger partial charge is 0.320 e.